The number of rotatable bonds is 9. The lowest BCUT2D eigenvalue weighted by atomic mass is 10.2. The summed E-state index contributed by atoms with van der Waals surface area (Å²) in [5.74, 6) is 1.25. The van der Waals surface area contributed by atoms with Crippen LogP contribution < -0.4 is 20.3 Å². The van der Waals surface area contributed by atoms with Gasteiger partial charge in [0.05, 0.1) is 0 Å². The summed E-state index contributed by atoms with van der Waals surface area (Å²) in [6.07, 6.45) is -0.708. The number of fused-ring (bicyclic) bond motifs is 1. The first-order valence-electron chi connectivity index (χ1n) is 9.35. The topological polar surface area (TPSA) is 72.7 Å². The number of aromatic nitrogens is 1. The lowest BCUT2D eigenvalue weighted by Crippen LogP contribution is -2.39. The van der Waals surface area contributed by atoms with E-state index in [1.165, 1.54) is 4.57 Å². The Kier molecular flexibility index (Phi) is 8.51. The van der Waals surface area contributed by atoms with Crippen LogP contribution in [0.15, 0.2) is 65.5 Å². The first-order valence-corrected chi connectivity index (χ1v) is 9.35. The van der Waals surface area contributed by atoms with Gasteiger partial charge in [-0.25, -0.2) is 0 Å². The van der Waals surface area contributed by atoms with E-state index in [0.29, 0.717) is 24.4 Å². The van der Waals surface area contributed by atoms with E-state index in [2.05, 4.69) is 5.32 Å². The van der Waals surface area contributed by atoms with Gasteiger partial charge in [-0.05, 0) is 30.5 Å². The summed E-state index contributed by atoms with van der Waals surface area (Å²) in [7, 11) is 1.66. The van der Waals surface area contributed by atoms with Crippen molar-refractivity contribution in [3.8, 4) is 11.6 Å². The first kappa shape index (κ1) is 22.7. The molecule has 2 N–H and O–H groups in total. The Morgan fingerprint density at radius 1 is 1.03 bits per heavy atom. The van der Waals surface area contributed by atoms with Gasteiger partial charge >= 0.3 is 0 Å². The van der Waals surface area contributed by atoms with Crippen molar-refractivity contribution in [2.24, 2.45) is 7.05 Å². The molecule has 0 aliphatic rings. The molecule has 1 heterocycles. The molecule has 0 saturated carbocycles. The molecule has 0 fully saturated rings. The van der Waals surface area contributed by atoms with Crippen LogP contribution in [0.3, 0.4) is 0 Å². The number of aliphatic hydroxyl groups excluding tert-OH is 1. The van der Waals surface area contributed by atoms with Gasteiger partial charge in [0.1, 0.15) is 25.1 Å². The van der Waals surface area contributed by atoms with Crippen LogP contribution in [0.25, 0.3) is 10.8 Å². The number of aliphatic hydroxyl groups is 1. The van der Waals surface area contributed by atoms with E-state index in [9.17, 15) is 9.90 Å². The van der Waals surface area contributed by atoms with Gasteiger partial charge in [0.15, 0.2) is 5.88 Å². The number of pyridine rings is 1. The summed E-state index contributed by atoms with van der Waals surface area (Å²) >= 11 is 0. The molecule has 6 nitrogen and oxygen atoms in total. The van der Waals surface area contributed by atoms with Crippen molar-refractivity contribution in [1.29, 1.82) is 0 Å². The molecule has 0 aliphatic heterocycles. The van der Waals surface area contributed by atoms with Gasteiger partial charge in [0, 0.05) is 31.1 Å². The molecule has 0 amide bonds. The highest BCUT2D eigenvalue weighted by atomic mass is 35.5. The zero-order valence-electron chi connectivity index (χ0n) is 16.6. The summed E-state index contributed by atoms with van der Waals surface area (Å²) in [6, 6.07) is 18.9. The van der Waals surface area contributed by atoms with E-state index < -0.39 is 6.10 Å². The van der Waals surface area contributed by atoms with E-state index in [0.717, 1.165) is 11.1 Å². The number of benzene rings is 2. The van der Waals surface area contributed by atoms with Crippen LogP contribution in [0.1, 0.15) is 6.92 Å². The van der Waals surface area contributed by atoms with Crippen molar-refractivity contribution in [2.75, 3.05) is 19.8 Å². The number of nitrogens with zero attached hydrogens (tertiary/aromatic N) is 1. The maximum absolute atomic E-state index is 12.4. The fourth-order valence-electron chi connectivity index (χ4n) is 2.84. The van der Waals surface area contributed by atoms with Gasteiger partial charge in [-0.15, -0.1) is 12.4 Å². The van der Waals surface area contributed by atoms with Crippen LogP contribution in [0.4, 0.5) is 0 Å². The molecule has 0 bridgehead atoms. The van der Waals surface area contributed by atoms with Crippen LogP contribution in [0, 0.1) is 0 Å². The average Bonchev–Trinajstić information content (AvgIpc) is 2.73. The number of hydrogen-bond acceptors (Lipinski definition) is 5. The molecule has 7 heteroatoms. The second-order valence-electron chi connectivity index (χ2n) is 6.83. The third kappa shape index (κ3) is 6.22. The SMILES string of the molecule is CC(COc1ccccc1)NCC(O)COc1cc2ccccc2c(=O)n1C.Cl. The van der Waals surface area contributed by atoms with E-state index in [1.807, 2.05) is 61.5 Å². The number of ether oxygens (including phenoxy) is 2. The molecule has 0 aliphatic carbocycles. The fourth-order valence-corrected chi connectivity index (χ4v) is 2.84. The van der Waals surface area contributed by atoms with Gasteiger partial charge in [0.25, 0.3) is 5.56 Å². The molecular formula is C22H27ClN2O4. The van der Waals surface area contributed by atoms with Crippen LogP contribution in [-0.4, -0.2) is 41.6 Å². The molecule has 0 spiro atoms. The zero-order valence-corrected chi connectivity index (χ0v) is 17.4. The maximum Gasteiger partial charge on any atom is 0.260 e. The fraction of sp³-hybridized carbons (Fsp3) is 0.318. The molecule has 2 unspecified atom stereocenters. The van der Waals surface area contributed by atoms with Gasteiger partial charge in [0.2, 0.25) is 0 Å². The van der Waals surface area contributed by atoms with Crippen LogP contribution in [0.2, 0.25) is 0 Å². The zero-order chi connectivity index (χ0) is 19.9. The highest BCUT2D eigenvalue weighted by Gasteiger charge is 2.11. The predicted octanol–water partition coefficient (Wildman–Crippen LogP) is 2.76. The van der Waals surface area contributed by atoms with Gasteiger partial charge in [-0.2, -0.15) is 0 Å². The van der Waals surface area contributed by atoms with Gasteiger partial charge in [-0.3, -0.25) is 9.36 Å². The van der Waals surface area contributed by atoms with Crippen molar-refractivity contribution >= 4 is 23.2 Å². The Bertz CT molecular complexity index is 962. The summed E-state index contributed by atoms with van der Waals surface area (Å²) in [6.45, 7) is 2.94. The molecule has 0 radical (unpaired) electrons. The molecule has 2 atom stereocenters. The minimum atomic E-state index is -0.708. The molecule has 29 heavy (non-hydrogen) atoms. The third-order valence-electron chi connectivity index (χ3n) is 4.47. The van der Waals surface area contributed by atoms with Crippen molar-refractivity contribution < 1.29 is 14.6 Å². The minimum absolute atomic E-state index is 0. The molecular weight excluding hydrogens is 392 g/mol. The molecule has 2 aromatic carbocycles. The van der Waals surface area contributed by atoms with Crippen LogP contribution in [0.5, 0.6) is 11.6 Å². The normalized spacial score (nSPS) is 12.8. The van der Waals surface area contributed by atoms with Crippen LogP contribution >= 0.6 is 12.4 Å². The minimum Gasteiger partial charge on any atom is -0.492 e. The highest BCUT2D eigenvalue weighted by molar-refractivity contribution is 5.85. The van der Waals surface area contributed by atoms with E-state index in [4.69, 9.17) is 9.47 Å². The first-order chi connectivity index (χ1) is 13.5. The summed E-state index contributed by atoms with van der Waals surface area (Å²) < 4.78 is 12.8. The highest BCUT2D eigenvalue weighted by Crippen LogP contribution is 2.16. The smallest absolute Gasteiger partial charge is 0.260 e. The lowest BCUT2D eigenvalue weighted by Gasteiger charge is -2.19. The number of halogens is 1. The summed E-state index contributed by atoms with van der Waals surface area (Å²) in [5.41, 5.74) is -0.118. The number of para-hydroxylation sites is 1. The monoisotopic (exact) mass is 418 g/mol. The standard InChI is InChI=1S/C22H26N2O4.ClH/c1-16(14-27-19-9-4-3-5-10-19)23-13-18(25)15-28-21-12-17-8-6-7-11-20(17)22(26)24(21)2;/h3-12,16,18,23,25H,13-15H2,1-2H3;1H. The molecule has 0 saturated heterocycles. The average molecular weight is 419 g/mol. The number of nitrogens with one attached hydrogen (secondary N) is 1. The van der Waals surface area contributed by atoms with Crippen LogP contribution in [-0.2, 0) is 7.05 Å². The van der Waals surface area contributed by atoms with Crippen molar-refractivity contribution in [1.82, 2.24) is 9.88 Å². The van der Waals surface area contributed by atoms with Crippen molar-refractivity contribution in [2.45, 2.75) is 19.1 Å². The van der Waals surface area contributed by atoms with Gasteiger partial charge < -0.3 is 19.9 Å². The molecule has 3 rings (SSSR count). The largest absolute Gasteiger partial charge is 0.492 e. The third-order valence-corrected chi connectivity index (χ3v) is 4.47. The lowest BCUT2D eigenvalue weighted by molar-refractivity contribution is 0.0971. The predicted molar refractivity (Wildman–Crippen MR) is 117 cm³/mol. The second kappa shape index (κ2) is 10.9. The van der Waals surface area contributed by atoms with Gasteiger partial charge in [-0.1, -0.05) is 36.4 Å². The quantitative estimate of drug-likeness (QED) is 0.559. The molecule has 1 aromatic heterocycles. The maximum atomic E-state index is 12.4. The van der Waals surface area contributed by atoms with Crippen molar-refractivity contribution in [3.63, 3.8) is 0 Å². The summed E-state index contributed by atoms with van der Waals surface area (Å²) in [4.78, 5) is 12.4. The Balaban J connectivity index is 0.00000300. The Hall–Kier alpha value is -2.54. The number of hydrogen-bond donors (Lipinski definition) is 2. The van der Waals surface area contributed by atoms with E-state index in [1.54, 1.807) is 13.1 Å². The second-order valence-corrected chi connectivity index (χ2v) is 6.83. The molecule has 156 valence electrons. The van der Waals surface area contributed by atoms with Crippen molar-refractivity contribution in [3.05, 3.63) is 71.0 Å². The Morgan fingerprint density at radius 3 is 2.48 bits per heavy atom. The summed E-state index contributed by atoms with van der Waals surface area (Å²) in [5, 5.41) is 14.9. The van der Waals surface area contributed by atoms with E-state index >= 15 is 0 Å². The molecule has 3 aromatic rings. The van der Waals surface area contributed by atoms with E-state index in [-0.39, 0.29) is 30.6 Å². The Morgan fingerprint density at radius 2 is 1.72 bits per heavy atom. The Labute approximate surface area is 176 Å².